The van der Waals surface area contributed by atoms with Crippen LogP contribution in [0.1, 0.15) is 36.8 Å². The number of likely N-dealkylation sites (N-methyl/N-ethyl adjacent to an activating group) is 1. The zero-order valence-electron chi connectivity index (χ0n) is 15.7. The van der Waals surface area contributed by atoms with E-state index in [0.29, 0.717) is 12.1 Å². The third-order valence-electron chi connectivity index (χ3n) is 6.61. The average Bonchev–Trinajstić information content (AvgIpc) is 3.25. The van der Waals surface area contributed by atoms with Gasteiger partial charge in [0.2, 0.25) is 5.91 Å². The molecule has 3 aliphatic rings. The van der Waals surface area contributed by atoms with Crippen LogP contribution in [0, 0.1) is 5.92 Å². The average molecular weight is 349 g/mol. The van der Waals surface area contributed by atoms with Crippen molar-refractivity contribution in [3.05, 3.63) is 41.6 Å². The zero-order valence-corrected chi connectivity index (χ0v) is 15.7. The first-order chi connectivity index (χ1) is 12.6. The van der Waals surface area contributed by atoms with E-state index < -0.39 is 0 Å². The van der Waals surface area contributed by atoms with Crippen molar-refractivity contribution in [3.8, 4) is 0 Å². The van der Waals surface area contributed by atoms with Crippen LogP contribution in [0.3, 0.4) is 0 Å². The molecule has 1 aliphatic heterocycles. The minimum atomic E-state index is -0.0487. The minimum absolute atomic E-state index is 0.0487. The molecule has 0 spiro atoms. The number of carbonyl (C=O) groups is 1. The molecule has 1 amide bonds. The number of fused-ring (bicyclic) bond motifs is 2. The van der Waals surface area contributed by atoms with Gasteiger partial charge in [-0.3, -0.25) is 9.69 Å². The first kappa shape index (κ1) is 16.1. The van der Waals surface area contributed by atoms with Crippen LogP contribution in [0.15, 0.2) is 30.5 Å². The molecule has 1 saturated carbocycles. The molecule has 0 bridgehead atoms. The molecule has 4 nitrogen and oxygen atoms in total. The monoisotopic (exact) mass is 349 g/mol. The lowest BCUT2D eigenvalue weighted by molar-refractivity contribution is -0.125. The van der Waals surface area contributed by atoms with Gasteiger partial charge in [0, 0.05) is 42.8 Å². The van der Waals surface area contributed by atoms with Gasteiger partial charge in [-0.1, -0.05) is 31.1 Å². The third kappa shape index (κ3) is 2.43. The van der Waals surface area contributed by atoms with E-state index in [1.807, 2.05) is 0 Å². The highest BCUT2D eigenvalue weighted by atomic mass is 16.2. The van der Waals surface area contributed by atoms with E-state index in [4.69, 9.17) is 0 Å². The number of hydrogen-bond donors (Lipinski definition) is 1. The van der Waals surface area contributed by atoms with E-state index in [0.717, 1.165) is 25.8 Å². The van der Waals surface area contributed by atoms with Gasteiger partial charge in [-0.2, -0.15) is 0 Å². The largest absolute Gasteiger partial charge is 0.353 e. The van der Waals surface area contributed by atoms with Crippen molar-refractivity contribution in [3.63, 3.8) is 0 Å². The summed E-state index contributed by atoms with van der Waals surface area (Å²) in [4.78, 5) is 15.3. The Morgan fingerprint density at radius 1 is 1.19 bits per heavy atom. The smallest absolute Gasteiger partial charge is 0.228 e. The lowest BCUT2D eigenvalue weighted by Crippen LogP contribution is -2.47. The van der Waals surface area contributed by atoms with Crippen molar-refractivity contribution in [1.29, 1.82) is 0 Å². The summed E-state index contributed by atoms with van der Waals surface area (Å²) in [6.07, 6.45) is 10.3. The Kier molecular flexibility index (Phi) is 3.71. The number of aryl methyl sites for hydroxylation is 1. The van der Waals surface area contributed by atoms with E-state index in [1.165, 1.54) is 40.4 Å². The Labute approximate surface area is 154 Å². The molecule has 1 fully saturated rings. The van der Waals surface area contributed by atoms with Crippen LogP contribution in [0.25, 0.3) is 16.5 Å². The van der Waals surface area contributed by atoms with Gasteiger partial charge in [-0.15, -0.1) is 0 Å². The molecule has 2 atom stereocenters. The molecule has 2 aromatic rings. The minimum Gasteiger partial charge on any atom is -0.353 e. The van der Waals surface area contributed by atoms with Crippen LogP contribution >= 0.6 is 0 Å². The summed E-state index contributed by atoms with van der Waals surface area (Å²) in [7, 11) is 4.29. The number of hydrogen-bond acceptors (Lipinski definition) is 2. The van der Waals surface area contributed by atoms with Gasteiger partial charge in [0.05, 0.1) is 5.92 Å². The van der Waals surface area contributed by atoms with Crippen molar-refractivity contribution in [1.82, 2.24) is 14.8 Å². The number of amides is 1. The molecule has 4 heteroatoms. The maximum Gasteiger partial charge on any atom is 0.228 e. The van der Waals surface area contributed by atoms with Crippen molar-refractivity contribution >= 4 is 22.4 Å². The fourth-order valence-electron chi connectivity index (χ4n) is 5.27. The summed E-state index contributed by atoms with van der Waals surface area (Å²) in [5.74, 6) is 0.160. The van der Waals surface area contributed by atoms with Crippen molar-refractivity contribution in [2.45, 2.75) is 44.2 Å². The molecule has 5 rings (SSSR count). The highest BCUT2D eigenvalue weighted by molar-refractivity contribution is 5.99. The number of nitrogens with one attached hydrogen (secondary N) is 1. The summed E-state index contributed by atoms with van der Waals surface area (Å²) >= 11 is 0. The number of aromatic nitrogens is 1. The van der Waals surface area contributed by atoms with Crippen LogP contribution in [0.5, 0.6) is 0 Å². The topological polar surface area (TPSA) is 37.3 Å². The van der Waals surface area contributed by atoms with Crippen molar-refractivity contribution in [2.75, 3.05) is 13.6 Å². The number of nitrogens with zero attached hydrogens (tertiary/aromatic N) is 2. The molecule has 26 heavy (non-hydrogen) atoms. The van der Waals surface area contributed by atoms with Gasteiger partial charge >= 0.3 is 0 Å². The lowest BCUT2D eigenvalue weighted by Gasteiger charge is -2.39. The summed E-state index contributed by atoms with van der Waals surface area (Å²) < 4.78 is 2.23. The van der Waals surface area contributed by atoms with E-state index >= 15 is 0 Å². The number of carbonyl (C=O) groups excluding carboxylic acids is 1. The molecule has 1 N–H and O–H groups in total. The predicted molar refractivity (Wildman–Crippen MR) is 105 cm³/mol. The van der Waals surface area contributed by atoms with E-state index in [9.17, 15) is 4.79 Å². The molecule has 0 radical (unpaired) electrons. The summed E-state index contributed by atoms with van der Waals surface area (Å²) in [5, 5.41) is 4.68. The first-order valence-electron chi connectivity index (χ1n) is 9.91. The van der Waals surface area contributed by atoms with Gasteiger partial charge < -0.3 is 9.88 Å². The standard InChI is InChI=1S/C22H27N3O/c1-24-12-14-11-20-18(17-8-5-9-19(24)21(14)17)10-15(13-25(20)2)22(26)23-16-6-3-4-7-16/h5,8-10,12,15-16,20H,3-4,6-7,11,13H2,1-2H3,(H,23,26)/t15-,20-/m1/s1. The molecular formula is C22H27N3O. The van der Waals surface area contributed by atoms with Crippen LogP contribution in [-0.4, -0.2) is 41.1 Å². The first-order valence-corrected chi connectivity index (χ1v) is 9.91. The Morgan fingerprint density at radius 2 is 2.00 bits per heavy atom. The van der Waals surface area contributed by atoms with Gasteiger partial charge in [-0.25, -0.2) is 0 Å². The molecule has 1 aromatic heterocycles. The molecule has 1 aromatic carbocycles. The second kappa shape index (κ2) is 5.98. The second-order valence-corrected chi connectivity index (χ2v) is 8.34. The fourth-order valence-corrected chi connectivity index (χ4v) is 5.27. The quantitative estimate of drug-likeness (QED) is 0.905. The van der Waals surface area contributed by atoms with Crippen LogP contribution < -0.4 is 5.32 Å². The maximum atomic E-state index is 12.9. The van der Waals surface area contributed by atoms with Gasteiger partial charge in [0.1, 0.15) is 0 Å². The highest BCUT2D eigenvalue weighted by Crippen LogP contribution is 2.41. The Morgan fingerprint density at radius 3 is 2.81 bits per heavy atom. The second-order valence-electron chi connectivity index (χ2n) is 8.34. The molecule has 0 saturated heterocycles. The highest BCUT2D eigenvalue weighted by Gasteiger charge is 2.36. The summed E-state index contributed by atoms with van der Waals surface area (Å²) in [6.45, 7) is 0.810. The van der Waals surface area contributed by atoms with E-state index in [1.54, 1.807) is 0 Å². The lowest BCUT2D eigenvalue weighted by atomic mass is 9.80. The SMILES string of the molecule is CN1C[C@H](C(=O)NC2CCCC2)C=C2c3cccc4c3c(cn4C)C[C@H]21. The number of rotatable bonds is 2. The van der Waals surface area contributed by atoms with Crippen molar-refractivity contribution < 1.29 is 4.79 Å². The molecule has 0 unspecified atom stereocenters. The third-order valence-corrected chi connectivity index (χ3v) is 6.61. The normalized spacial score (nSPS) is 26.0. The van der Waals surface area contributed by atoms with E-state index in [-0.39, 0.29) is 11.8 Å². The zero-order chi connectivity index (χ0) is 17.8. The van der Waals surface area contributed by atoms with Crippen LogP contribution in [0.2, 0.25) is 0 Å². The predicted octanol–water partition coefficient (Wildman–Crippen LogP) is 3.11. The molecule has 136 valence electrons. The summed E-state index contributed by atoms with van der Waals surface area (Å²) in [6, 6.07) is 7.34. The van der Waals surface area contributed by atoms with E-state index in [2.05, 4.69) is 59.4 Å². The van der Waals surface area contributed by atoms with Gasteiger partial charge in [0.15, 0.2) is 0 Å². The van der Waals surface area contributed by atoms with Gasteiger partial charge in [-0.05, 0) is 49.1 Å². The Hall–Kier alpha value is -2.07. The molecule has 2 heterocycles. The Bertz CT molecular complexity index is 903. The van der Waals surface area contributed by atoms with Gasteiger partial charge in [0.25, 0.3) is 0 Å². The molecule has 2 aliphatic carbocycles. The maximum absolute atomic E-state index is 12.9. The Balaban J connectivity index is 1.53. The molecular weight excluding hydrogens is 322 g/mol. The summed E-state index contributed by atoms with van der Waals surface area (Å²) in [5.41, 5.74) is 5.38. The fraction of sp³-hybridized carbons (Fsp3) is 0.500. The van der Waals surface area contributed by atoms with Crippen LogP contribution in [0.4, 0.5) is 0 Å². The van der Waals surface area contributed by atoms with Crippen LogP contribution in [-0.2, 0) is 18.3 Å². The number of benzene rings is 1. The van der Waals surface area contributed by atoms with Crippen molar-refractivity contribution in [2.24, 2.45) is 13.0 Å².